The van der Waals surface area contributed by atoms with Crippen LogP contribution in [0.25, 0.3) is 0 Å². The van der Waals surface area contributed by atoms with Crippen LogP contribution >= 0.6 is 0 Å². The lowest BCUT2D eigenvalue weighted by Crippen LogP contribution is -2.37. The second-order valence-corrected chi connectivity index (χ2v) is 10.2. The van der Waals surface area contributed by atoms with Gasteiger partial charge in [-0.05, 0) is 50.2 Å². The van der Waals surface area contributed by atoms with Crippen LogP contribution in [0.2, 0.25) is 0 Å². The summed E-state index contributed by atoms with van der Waals surface area (Å²) >= 11 is 0. The quantitative estimate of drug-likeness (QED) is 0.783. The summed E-state index contributed by atoms with van der Waals surface area (Å²) in [6, 6.07) is 9.21. The lowest BCUT2D eigenvalue weighted by Gasteiger charge is -2.30. The summed E-state index contributed by atoms with van der Waals surface area (Å²) < 4.78 is 14.7. The highest BCUT2D eigenvalue weighted by atomic mass is 32.2. The Morgan fingerprint density at radius 1 is 1.05 bits per heavy atom. The van der Waals surface area contributed by atoms with E-state index >= 15 is 0 Å². The first-order chi connectivity index (χ1) is 9.60. The molecule has 0 spiro atoms. The summed E-state index contributed by atoms with van der Waals surface area (Å²) in [5.41, 5.74) is 2.84. The van der Waals surface area contributed by atoms with E-state index in [1.807, 2.05) is 0 Å². The smallest absolute Gasteiger partial charge is 0.100 e. The molecule has 1 heterocycles. The molecule has 2 atom stereocenters. The normalized spacial score (nSPS) is 22.5. The highest BCUT2D eigenvalue weighted by Gasteiger charge is 2.35. The number of benzene rings is 1. The lowest BCUT2D eigenvalue weighted by molar-refractivity contribution is 0.415. The van der Waals surface area contributed by atoms with Gasteiger partial charge in [-0.15, -0.1) is 0 Å². The number of rotatable bonds is 2. The molecular formula is C18H29NOS. The van der Waals surface area contributed by atoms with Crippen molar-refractivity contribution in [2.45, 2.75) is 70.6 Å². The number of nitrogens with zero attached hydrogens (tertiary/aromatic N) is 1. The van der Waals surface area contributed by atoms with Crippen LogP contribution in [-0.4, -0.2) is 19.8 Å². The Bertz CT molecular complexity index is 508. The van der Waals surface area contributed by atoms with E-state index in [2.05, 4.69) is 70.1 Å². The van der Waals surface area contributed by atoms with Crippen LogP contribution in [0.1, 0.15) is 71.6 Å². The second kappa shape index (κ2) is 5.85. The first kappa shape index (κ1) is 16.7. The molecule has 1 aliphatic heterocycles. The molecule has 1 aliphatic rings. The van der Waals surface area contributed by atoms with Crippen LogP contribution in [0.5, 0.6) is 0 Å². The van der Waals surface area contributed by atoms with Crippen LogP contribution in [0.3, 0.4) is 0 Å². The minimum atomic E-state index is -0.932. The fourth-order valence-electron chi connectivity index (χ4n) is 2.83. The molecule has 0 saturated carbocycles. The molecule has 0 amide bonds. The largest absolute Gasteiger partial charge is 0.242 e. The number of hydrogen-bond donors (Lipinski definition) is 0. The molecule has 1 aromatic carbocycles. The molecule has 118 valence electrons. The fourth-order valence-corrected chi connectivity index (χ4v) is 4.29. The lowest BCUT2D eigenvalue weighted by atomic mass is 9.86. The van der Waals surface area contributed by atoms with Gasteiger partial charge >= 0.3 is 0 Å². The van der Waals surface area contributed by atoms with Gasteiger partial charge in [-0.2, -0.15) is 0 Å². The molecule has 0 N–H and O–H groups in total. The third-order valence-electron chi connectivity index (χ3n) is 4.10. The van der Waals surface area contributed by atoms with Crippen LogP contribution in [0.15, 0.2) is 24.3 Å². The third-order valence-corrected chi connectivity index (χ3v) is 6.01. The van der Waals surface area contributed by atoms with E-state index < -0.39 is 11.0 Å². The zero-order valence-electron chi connectivity index (χ0n) is 14.3. The third kappa shape index (κ3) is 3.75. The maximum atomic E-state index is 12.7. The zero-order valence-corrected chi connectivity index (χ0v) is 15.1. The summed E-state index contributed by atoms with van der Waals surface area (Å²) in [4.78, 5) is 0. The van der Waals surface area contributed by atoms with Gasteiger partial charge in [-0.25, -0.2) is 8.51 Å². The van der Waals surface area contributed by atoms with Crippen molar-refractivity contribution < 1.29 is 4.21 Å². The Kier molecular flexibility index (Phi) is 4.65. The molecule has 1 aromatic rings. The van der Waals surface area contributed by atoms with Crippen molar-refractivity contribution in [2.75, 3.05) is 6.54 Å². The van der Waals surface area contributed by atoms with Gasteiger partial charge in [0.1, 0.15) is 11.0 Å². The first-order valence-corrected chi connectivity index (χ1v) is 9.00. The van der Waals surface area contributed by atoms with E-state index in [-0.39, 0.29) is 10.2 Å². The maximum absolute atomic E-state index is 12.7. The molecule has 21 heavy (non-hydrogen) atoms. The van der Waals surface area contributed by atoms with E-state index in [4.69, 9.17) is 0 Å². The Hall–Kier alpha value is -0.670. The molecule has 1 fully saturated rings. The molecule has 2 nitrogen and oxygen atoms in total. The van der Waals surface area contributed by atoms with Gasteiger partial charge < -0.3 is 0 Å². The fraction of sp³-hybridized carbons (Fsp3) is 0.667. The minimum absolute atomic E-state index is 0.183. The average molecular weight is 308 g/mol. The molecule has 0 bridgehead atoms. The van der Waals surface area contributed by atoms with Gasteiger partial charge in [0.15, 0.2) is 0 Å². The predicted molar refractivity (Wildman–Crippen MR) is 91.7 cm³/mol. The standard InChI is InChI=1S/C18H29NOS/c1-17(2,3)15-11-9-14(10-12-15)16-8-7-13-19(16)21(20)18(4,5)6/h9-12,16H,7-8,13H2,1-6H3/t16-,21?/m0/s1. The van der Waals surface area contributed by atoms with E-state index in [0.717, 1.165) is 19.4 Å². The molecule has 1 unspecified atom stereocenters. The second-order valence-electron chi connectivity index (χ2n) is 8.03. The molecular weight excluding hydrogens is 278 g/mol. The zero-order chi connectivity index (χ0) is 15.8. The van der Waals surface area contributed by atoms with Gasteiger partial charge in [0, 0.05) is 12.6 Å². The Morgan fingerprint density at radius 2 is 1.62 bits per heavy atom. The minimum Gasteiger partial charge on any atom is -0.242 e. The van der Waals surface area contributed by atoms with Crippen LogP contribution in [-0.2, 0) is 16.4 Å². The van der Waals surface area contributed by atoms with Crippen molar-refractivity contribution in [3.05, 3.63) is 35.4 Å². The molecule has 0 aromatic heterocycles. The predicted octanol–water partition coefficient (Wildman–Crippen LogP) is 4.58. The summed E-state index contributed by atoms with van der Waals surface area (Å²) in [7, 11) is -0.932. The van der Waals surface area contributed by atoms with Gasteiger partial charge in [-0.3, -0.25) is 0 Å². The van der Waals surface area contributed by atoms with Gasteiger partial charge in [-0.1, -0.05) is 45.0 Å². The van der Waals surface area contributed by atoms with Crippen molar-refractivity contribution >= 4 is 11.0 Å². The highest BCUT2D eigenvalue weighted by molar-refractivity contribution is 7.84. The molecule has 0 radical (unpaired) electrons. The van der Waals surface area contributed by atoms with E-state index in [1.165, 1.54) is 11.1 Å². The molecule has 1 saturated heterocycles. The topological polar surface area (TPSA) is 20.3 Å². The van der Waals surface area contributed by atoms with E-state index in [0.29, 0.717) is 6.04 Å². The summed E-state index contributed by atoms with van der Waals surface area (Å²) in [6.07, 6.45) is 2.24. The van der Waals surface area contributed by atoms with Gasteiger partial charge in [0.2, 0.25) is 0 Å². The summed E-state index contributed by atoms with van der Waals surface area (Å²) in [6.45, 7) is 13.8. The van der Waals surface area contributed by atoms with Crippen LogP contribution in [0, 0.1) is 0 Å². The first-order valence-electron chi connectivity index (χ1n) is 7.90. The van der Waals surface area contributed by atoms with Crippen molar-refractivity contribution in [2.24, 2.45) is 0 Å². The Labute approximate surface area is 132 Å². The van der Waals surface area contributed by atoms with Crippen molar-refractivity contribution in [1.82, 2.24) is 4.31 Å². The monoisotopic (exact) mass is 307 g/mol. The Morgan fingerprint density at radius 3 is 2.10 bits per heavy atom. The molecule has 3 heteroatoms. The van der Waals surface area contributed by atoms with Crippen molar-refractivity contribution in [1.29, 1.82) is 0 Å². The van der Waals surface area contributed by atoms with E-state index in [1.54, 1.807) is 0 Å². The van der Waals surface area contributed by atoms with Crippen LogP contribution in [0.4, 0.5) is 0 Å². The maximum Gasteiger partial charge on any atom is 0.100 e. The van der Waals surface area contributed by atoms with E-state index in [9.17, 15) is 4.21 Å². The van der Waals surface area contributed by atoms with Gasteiger partial charge in [0.05, 0.1) is 4.75 Å². The average Bonchev–Trinajstić information content (AvgIpc) is 2.84. The van der Waals surface area contributed by atoms with Crippen molar-refractivity contribution in [3.63, 3.8) is 0 Å². The summed E-state index contributed by atoms with van der Waals surface area (Å²) in [5, 5.41) is 0. The molecule has 2 rings (SSSR count). The number of hydrogen-bond acceptors (Lipinski definition) is 1. The molecule has 0 aliphatic carbocycles. The van der Waals surface area contributed by atoms with Gasteiger partial charge in [0.25, 0.3) is 0 Å². The van der Waals surface area contributed by atoms with Crippen LogP contribution < -0.4 is 0 Å². The highest BCUT2D eigenvalue weighted by Crippen LogP contribution is 2.36. The Balaban J connectivity index is 2.23. The summed E-state index contributed by atoms with van der Waals surface area (Å²) in [5.74, 6) is 0. The SMILES string of the molecule is CC(C)(C)c1ccc([C@@H]2CCCN2S(=O)C(C)(C)C)cc1. The van der Waals surface area contributed by atoms with Crippen molar-refractivity contribution in [3.8, 4) is 0 Å².